The summed E-state index contributed by atoms with van der Waals surface area (Å²) in [6.07, 6.45) is 4.11. The molecule has 0 aromatic heterocycles. The lowest BCUT2D eigenvalue weighted by Crippen LogP contribution is -2.08. The summed E-state index contributed by atoms with van der Waals surface area (Å²) in [4.78, 5) is 12.1. The lowest BCUT2D eigenvalue weighted by Gasteiger charge is -2.10. The van der Waals surface area contributed by atoms with Crippen LogP contribution in [-0.4, -0.2) is 26.7 Å². The third kappa shape index (κ3) is 5.28. The molecule has 0 heterocycles. The maximum absolute atomic E-state index is 12.1. The number of carbonyl (C=O) groups is 1. The van der Waals surface area contributed by atoms with Gasteiger partial charge in [-0.2, -0.15) is 0 Å². The molecule has 0 unspecified atom stereocenters. The van der Waals surface area contributed by atoms with Crippen molar-refractivity contribution >= 4 is 17.7 Å². The van der Waals surface area contributed by atoms with Gasteiger partial charge in [0.1, 0.15) is 5.75 Å². The zero-order chi connectivity index (χ0) is 18.1. The molecule has 0 saturated heterocycles. The van der Waals surface area contributed by atoms with Crippen LogP contribution in [0.25, 0.3) is 6.08 Å². The number of amides is 1. The van der Waals surface area contributed by atoms with E-state index in [0.29, 0.717) is 29.5 Å². The van der Waals surface area contributed by atoms with Gasteiger partial charge in [0, 0.05) is 6.08 Å². The molecule has 0 aliphatic rings. The van der Waals surface area contributed by atoms with E-state index >= 15 is 0 Å². The summed E-state index contributed by atoms with van der Waals surface area (Å²) >= 11 is 0. The third-order valence-electron chi connectivity index (χ3n) is 3.44. The Hall–Kier alpha value is -2.95. The zero-order valence-corrected chi connectivity index (χ0v) is 14.7. The highest BCUT2D eigenvalue weighted by molar-refractivity contribution is 6.02. The summed E-state index contributed by atoms with van der Waals surface area (Å²) in [6, 6.07) is 12.8. The van der Waals surface area contributed by atoms with Crippen molar-refractivity contribution in [1.29, 1.82) is 0 Å². The van der Waals surface area contributed by atoms with Gasteiger partial charge in [-0.15, -0.1) is 0 Å². The van der Waals surface area contributed by atoms with Crippen LogP contribution in [0.5, 0.6) is 17.2 Å². The normalized spacial score (nSPS) is 10.5. The van der Waals surface area contributed by atoms with E-state index in [1.54, 1.807) is 32.4 Å². The lowest BCUT2D eigenvalue weighted by atomic mass is 10.2. The van der Waals surface area contributed by atoms with E-state index in [1.807, 2.05) is 37.3 Å². The van der Waals surface area contributed by atoms with Gasteiger partial charge in [0.05, 0.1) is 26.5 Å². The van der Waals surface area contributed by atoms with Crippen LogP contribution in [0.2, 0.25) is 0 Å². The molecule has 2 aromatic rings. The van der Waals surface area contributed by atoms with E-state index < -0.39 is 0 Å². The fraction of sp³-hybridized carbons (Fsp3) is 0.250. The van der Waals surface area contributed by atoms with Crippen molar-refractivity contribution in [1.82, 2.24) is 0 Å². The Balaban J connectivity index is 2.06. The first kappa shape index (κ1) is 18.4. The Bertz CT molecular complexity index is 740. The van der Waals surface area contributed by atoms with Gasteiger partial charge >= 0.3 is 0 Å². The third-order valence-corrected chi connectivity index (χ3v) is 3.44. The van der Waals surface area contributed by atoms with E-state index in [2.05, 4.69) is 5.32 Å². The molecule has 0 radical (unpaired) electrons. The number of hydrogen-bond donors (Lipinski definition) is 1. The standard InChI is InChI=1S/C20H23NO4/c1-4-13-25-18-11-9-15(14-19(18)24-3)10-12-20(22)21-16-7-5-6-8-17(16)23-2/h5-12,14H,4,13H2,1-3H3,(H,21,22)/b12-10+. The second-order valence-corrected chi connectivity index (χ2v) is 5.28. The first-order valence-corrected chi connectivity index (χ1v) is 8.10. The van der Waals surface area contributed by atoms with Crippen LogP contribution < -0.4 is 19.5 Å². The van der Waals surface area contributed by atoms with Crippen LogP contribution >= 0.6 is 0 Å². The van der Waals surface area contributed by atoms with Crippen LogP contribution in [0.15, 0.2) is 48.5 Å². The molecule has 5 heteroatoms. The number of benzene rings is 2. The highest BCUT2D eigenvalue weighted by atomic mass is 16.5. The summed E-state index contributed by atoms with van der Waals surface area (Å²) in [6.45, 7) is 2.68. The summed E-state index contributed by atoms with van der Waals surface area (Å²) in [5.41, 5.74) is 1.47. The highest BCUT2D eigenvalue weighted by Crippen LogP contribution is 2.29. The second kappa shape index (κ2) is 9.37. The molecule has 0 atom stereocenters. The Morgan fingerprint density at radius 2 is 1.80 bits per heavy atom. The Morgan fingerprint density at radius 3 is 2.52 bits per heavy atom. The van der Waals surface area contributed by atoms with Gasteiger partial charge < -0.3 is 19.5 Å². The molecule has 0 spiro atoms. The van der Waals surface area contributed by atoms with Crippen molar-refractivity contribution in [3.05, 3.63) is 54.1 Å². The number of para-hydroxylation sites is 2. The number of anilines is 1. The fourth-order valence-corrected chi connectivity index (χ4v) is 2.21. The Labute approximate surface area is 148 Å². The molecule has 2 aromatic carbocycles. The van der Waals surface area contributed by atoms with Crippen molar-refractivity contribution < 1.29 is 19.0 Å². The van der Waals surface area contributed by atoms with Crippen LogP contribution in [-0.2, 0) is 4.79 Å². The predicted molar refractivity (Wildman–Crippen MR) is 99.4 cm³/mol. The molecule has 5 nitrogen and oxygen atoms in total. The molecular formula is C20H23NO4. The van der Waals surface area contributed by atoms with Crippen LogP contribution in [0.3, 0.4) is 0 Å². The highest BCUT2D eigenvalue weighted by Gasteiger charge is 2.06. The minimum atomic E-state index is -0.241. The number of hydrogen-bond acceptors (Lipinski definition) is 4. The van der Waals surface area contributed by atoms with Crippen molar-refractivity contribution in [3.63, 3.8) is 0 Å². The fourth-order valence-electron chi connectivity index (χ4n) is 2.21. The maximum Gasteiger partial charge on any atom is 0.248 e. The van der Waals surface area contributed by atoms with E-state index in [0.717, 1.165) is 12.0 Å². The van der Waals surface area contributed by atoms with Crippen molar-refractivity contribution in [2.24, 2.45) is 0 Å². The summed E-state index contributed by atoms with van der Waals surface area (Å²) in [5, 5.41) is 2.79. The van der Waals surface area contributed by atoms with Gasteiger partial charge in [-0.1, -0.05) is 25.1 Å². The topological polar surface area (TPSA) is 56.8 Å². The average molecular weight is 341 g/mol. The van der Waals surface area contributed by atoms with Gasteiger partial charge in [0.25, 0.3) is 0 Å². The van der Waals surface area contributed by atoms with Gasteiger partial charge in [-0.25, -0.2) is 0 Å². The van der Waals surface area contributed by atoms with Gasteiger partial charge in [-0.05, 0) is 42.3 Å². The van der Waals surface area contributed by atoms with Crippen molar-refractivity contribution in [2.45, 2.75) is 13.3 Å². The Kier molecular flexibility index (Phi) is 6.89. The monoisotopic (exact) mass is 341 g/mol. The SMILES string of the molecule is CCCOc1ccc(/C=C/C(=O)Nc2ccccc2OC)cc1OC. The first-order chi connectivity index (χ1) is 12.2. The number of carbonyl (C=O) groups excluding carboxylic acids is 1. The summed E-state index contributed by atoms with van der Waals surface area (Å²) in [7, 11) is 3.16. The van der Waals surface area contributed by atoms with Crippen LogP contribution in [0, 0.1) is 0 Å². The van der Waals surface area contributed by atoms with E-state index in [9.17, 15) is 4.79 Å². The molecule has 25 heavy (non-hydrogen) atoms. The zero-order valence-electron chi connectivity index (χ0n) is 14.7. The lowest BCUT2D eigenvalue weighted by molar-refractivity contribution is -0.111. The number of ether oxygens (including phenoxy) is 3. The molecule has 1 amide bonds. The quantitative estimate of drug-likeness (QED) is 0.733. The molecule has 0 saturated carbocycles. The Morgan fingerprint density at radius 1 is 1.04 bits per heavy atom. The van der Waals surface area contributed by atoms with E-state index in [4.69, 9.17) is 14.2 Å². The molecule has 2 rings (SSSR count). The van der Waals surface area contributed by atoms with Crippen LogP contribution in [0.4, 0.5) is 5.69 Å². The van der Waals surface area contributed by atoms with Gasteiger partial charge in [0.15, 0.2) is 11.5 Å². The largest absolute Gasteiger partial charge is 0.495 e. The van der Waals surface area contributed by atoms with Gasteiger partial charge in [-0.3, -0.25) is 4.79 Å². The van der Waals surface area contributed by atoms with Crippen LogP contribution in [0.1, 0.15) is 18.9 Å². The van der Waals surface area contributed by atoms with Crippen molar-refractivity contribution in [2.75, 3.05) is 26.1 Å². The van der Waals surface area contributed by atoms with E-state index in [1.165, 1.54) is 6.08 Å². The summed E-state index contributed by atoms with van der Waals surface area (Å²) < 4.78 is 16.2. The molecule has 1 N–H and O–H groups in total. The van der Waals surface area contributed by atoms with Gasteiger partial charge in [0.2, 0.25) is 5.91 Å². The van der Waals surface area contributed by atoms with E-state index in [-0.39, 0.29) is 5.91 Å². The summed E-state index contributed by atoms with van der Waals surface area (Å²) in [5.74, 6) is 1.71. The second-order valence-electron chi connectivity index (χ2n) is 5.28. The van der Waals surface area contributed by atoms with Crippen molar-refractivity contribution in [3.8, 4) is 17.2 Å². The number of nitrogens with one attached hydrogen (secondary N) is 1. The minimum absolute atomic E-state index is 0.241. The number of rotatable bonds is 8. The molecule has 0 aliphatic heterocycles. The first-order valence-electron chi connectivity index (χ1n) is 8.10. The minimum Gasteiger partial charge on any atom is -0.495 e. The average Bonchev–Trinajstić information content (AvgIpc) is 2.65. The maximum atomic E-state index is 12.1. The molecule has 132 valence electrons. The molecular weight excluding hydrogens is 318 g/mol. The predicted octanol–water partition coefficient (Wildman–Crippen LogP) is 4.14. The number of methoxy groups -OCH3 is 2. The molecule has 0 aliphatic carbocycles. The smallest absolute Gasteiger partial charge is 0.248 e. The molecule has 0 bridgehead atoms. The molecule has 0 fully saturated rings.